The number of fused-ring (bicyclic) bond motifs is 1. The fraction of sp³-hybridized carbons (Fsp3) is 0.368. The Morgan fingerprint density at radius 3 is 2.69 bits per heavy atom. The predicted molar refractivity (Wildman–Crippen MR) is 99.2 cm³/mol. The third-order valence-corrected chi connectivity index (χ3v) is 5.16. The first-order valence-electron chi connectivity index (χ1n) is 8.87. The molecule has 3 aromatic rings. The summed E-state index contributed by atoms with van der Waals surface area (Å²) in [5.41, 5.74) is 4.30. The van der Waals surface area contributed by atoms with E-state index in [1.165, 1.54) is 11.1 Å². The van der Waals surface area contributed by atoms with Crippen molar-refractivity contribution in [2.24, 2.45) is 0 Å². The van der Waals surface area contributed by atoms with E-state index in [-0.39, 0.29) is 5.91 Å². The van der Waals surface area contributed by atoms with Crippen molar-refractivity contribution in [1.29, 1.82) is 0 Å². The van der Waals surface area contributed by atoms with Crippen molar-refractivity contribution in [2.45, 2.75) is 20.3 Å². The van der Waals surface area contributed by atoms with Gasteiger partial charge in [0, 0.05) is 26.2 Å². The minimum Gasteiger partial charge on any atom is -0.352 e. The summed E-state index contributed by atoms with van der Waals surface area (Å²) in [6, 6.07) is 10.0. The highest BCUT2D eigenvalue weighted by Crippen LogP contribution is 2.17. The minimum absolute atomic E-state index is 0.195. The van der Waals surface area contributed by atoms with Gasteiger partial charge in [-0.1, -0.05) is 18.2 Å². The molecule has 0 unspecified atom stereocenters. The van der Waals surface area contributed by atoms with Gasteiger partial charge in [-0.3, -0.25) is 4.79 Å². The lowest BCUT2D eigenvalue weighted by Gasteiger charge is -2.35. The maximum Gasteiger partial charge on any atom is 0.227 e. The van der Waals surface area contributed by atoms with Crippen LogP contribution in [-0.2, 0) is 11.2 Å². The van der Waals surface area contributed by atoms with Crippen molar-refractivity contribution in [3.05, 3.63) is 53.3 Å². The zero-order valence-corrected chi connectivity index (χ0v) is 15.1. The number of hydrogen-bond acceptors (Lipinski definition) is 5. The number of carbonyl (C=O) groups excluding carboxylic acids is 1. The molecule has 2 aromatic heterocycles. The van der Waals surface area contributed by atoms with Crippen LogP contribution in [0, 0.1) is 13.8 Å². The molecule has 26 heavy (non-hydrogen) atoms. The van der Waals surface area contributed by atoms with Crippen LogP contribution in [0.4, 0.5) is 5.82 Å². The first-order chi connectivity index (χ1) is 12.6. The Labute approximate surface area is 152 Å². The van der Waals surface area contributed by atoms with E-state index in [2.05, 4.69) is 46.2 Å². The Morgan fingerprint density at radius 1 is 1.08 bits per heavy atom. The summed E-state index contributed by atoms with van der Waals surface area (Å²) in [6.07, 6.45) is 2.07. The number of benzene rings is 1. The molecule has 4 rings (SSSR count). The van der Waals surface area contributed by atoms with Crippen molar-refractivity contribution in [3.63, 3.8) is 0 Å². The number of aryl methyl sites for hydroxylation is 1. The van der Waals surface area contributed by atoms with Crippen LogP contribution in [0.25, 0.3) is 5.65 Å². The van der Waals surface area contributed by atoms with E-state index < -0.39 is 0 Å². The highest BCUT2D eigenvalue weighted by molar-refractivity contribution is 5.79. The topological polar surface area (TPSA) is 66.6 Å². The fourth-order valence-corrected chi connectivity index (χ4v) is 3.35. The first kappa shape index (κ1) is 16.5. The number of anilines is 1. The van der Waals surface area contributed by atoms with Gasteiger partial charge in [0.15, 0.2) is 5.65 Å². The molecule has 1 amide bonds. The molecule has 0 saturated carbocycles. The fourth-order valence-electron chi connectivity index (χ4n) is 3.35. The summed E-state index contributed by atoms with van der Waals surface area (Å²) >= 11 is 0. The predicted octanol–water partition coefficient (Wildman–Crippen LogP) is 1.63. The Morgan fingerprint density at radius 2 is 1.88 bits per heavy atom. The van der Waals surface area contributed by atoms with Crippen molar-refractivity contribution < 1.29 is 4.79 Å². The lowest BCUT2D eigenvalue weighted by Crippen LogP contribution is -2.49. The average Bonchev–Trinajstić information content (AvgIpc) is 3.13. The average molecular weight is 350 g/mol. The summed E-state index contributed by atoms with van der Waals surface area (Å²) < 4.78 is 1.67. The minimum atomic E-state index is 0.195. The number of nitrogens with zero attached hydrogens (tertiary/aromatic N) is 6. The van der Waals surface area contributed by atoms with Crippen molar-refractivity contribution in [1.82, 2.24) is 24.7 Å². The summed E-state index contributed by atoms with van der Waals surface area (Å²) in [6.45, 7) is 7.15. The van der Waals surface area contributed by atoms with Crippen LogP contribution in [0.2, 0.25) is 0 Å². The normalized spacial score (nSPS) is 14.8. The lowest BCUT2D eigenvalue weighted by atomic mass is 10.0. The summed E-state index contributed by atoms with van der Waals surface area (Å²) in [5, 5.41) is 12.4. The molecular weight excluding hydrogens is 328 g/mol. The monoisotopic (exact) mass is 350 g/mol. The maximum absolute atomic E-state index is 12.7. The second-order valence-corrected chi connectivity index (χ2v) is 6.73. The lowest BCUT2D eigenvalue weighted by molar-refractivity contribution is -0.130. The molecule has 0 atom stereocenters. The number of amides is 1. The Balaban J connectivity index is 1.39. The zero-order valence-electron chi connectivity index (χ0n) is 15.1. The van der Waals surface area contributed by atoms with Crippen molar-refractivity contribution >= 4 is 17.4 Å². The third kappa shape index (κ3) is 3.12. The SMILES string of the molecule is Cc1cccc(CC(=O)N2CCN(c3ccc4nncn4n3)CC2)c1C. The van der Waals surface area contributed by atoms with Gasteiger partial charge in [0.05, 0.1) is 6.42 Å². The summed E-state index contributed by atoms with van der Waals surface area (Å²) in [7, 11) is 0. The molecule has 0 spiro atoms. The molecule has 1 aliphatic heterocycles. The van der Waals surface area contributed by atoms with Gasteiger partial charge in [-0.25, -0.2) is 0 Å². The quantitative estimate of drug-likeness (QED) is 0.718. The van der Waals surface area contributed by atoms with Gasteiger partial charge >= 0.3 is 0 Å². The molecule has 1 fully saturated rings. The molecule has 7 heteroatoms. The third-order valence-electron chi connectivity index (χ3n) is 5.16. The van der Waals surface area contributed by atoms with Gasteiger partial charge in [0.1, 0.15) is 12.1 Å². The molecule has 7 nitrogen and oxygen atoms in total. The molecule has 1 aromatic carbocycles. The number of aromatic nitrogens is 4. The number of piperazine rings is 1. The smallest absolute Gasteiger partial charge is 0.227 e. The van der Waals surface area contributed by atoms with Crippen molar-refractivity contribution in [2.75, 3.05) is 31.1 Å². The van der Waals surface area contributed by atoms with Crippen LogP contribution in [0.15, 0.2) is 36.7 Å². The van der Waals surface area contributed by atoms with E-state index in [0.29, 0.717) is 19.5 Å². The van der Waals surface area contributed by atoms with E-state index in [1.807, 2.05) is 23.1 Å². The second-order valence-electron chi connectivity index (χ2n) is 6.73. The molecular formula is C19H22N6O. The second kappa shape index (κ2) is 6.74. The van der Waals surface area contributed by atoms with E-state index in [0.717, 1.165) is 30.1 Å². The number of rotatable bonds is 3. The van der Waals surface area contributed by atoms with E-state index in [4.69, 9.17) is 0 Å². The van der Waals surface area contributed by atoms with Crippen LogP contribution in [0.5, 0.6) is 0 Å². The highest BCUT2D eigenvalue weighted by Gasteiger charge is 2.22. The Kier molecular flexibility index (Phi) is 4.28. The molecule has 0 radical (unpaired) electrons. The molecule has 1 saturated heterocycles. The largest absolute Gasteiger partial charge is 0.352 e. The van der Waals surface area contributed by atoms with Gasteiger partial charge in [-0.05, 0) is 42.7 Å². The first-order valence-corrected chi connectivity index (χ1v) is 8.87. The van der Waals surface area contributed by atoms with Gasteiger partial charge in [-0.2, -0.15) is 4.52 Å². The summed E-state index contributed by atoms with van der Waals surface area (Å²) in [4.78, 5) is 16.8. The number of hydrogen-bond donors (Lipinski definition) is 0. The molecule has 0 aliphatic carbocycles. The van der Waals surface area contributed by atoms with Gasteiger partial charge in [0.25, 0.3) is 0 Å². The van der Waals surface area contributed by atoms with Crippen LogP contribution in [0.3, 0.4) is 0 Å². The molecule has 0 bridgehead atoms. The van der Waals surface area contributed by atoms with E-state index in [9.17, 15) is 4.79 Å². The Hall–Kier alpha value is -2.96. The van der Waals surface area contributed by atoms with Crippen LogP contribution >= 0.6 is 0 Å². The van der Waals surface area contributed by atoms with Gasteiger partial charge < -0.3 is 9.80 Å². The maximum atomic E-state index is 12.7. The van der Waals surface area contributed by atoms with Gasteiger partial charge in [-0.15, -0.1) is 15.3 Å². The highest BCUT2D eigenvalue weighted by atomic mass is 16.2. The van der Waals surface area contributed by atoms with Crippen molar-refractivity contribution in [3.8, 4) is 0 Å². The number of carbonyl (C=O) groups is 1. The van der Waals surface area contributed by atoms with E-state index in [1.54, 1.807) is 10.8 Å². The van der Waals surface area contributed by atoms with E-state index >= 15 is 0 Å². The molecule has 0 N–H and O–H groups in total. The molecule has 134 valence electrons. The standard InChI is InChI=1S/C19H22N6O/c1-14-4-3-5-16(15(14)2)12-19(26)24-10-8-23(9-11-24)18-7-6-17-21-20-13-25(17)22-18/h3-7,13H,8-12H2,1-2H3. The van der Waals surface area contributed by atoms with Crippen LogP contribution in [0.1, 0.15) is 16.7 Å². The van der Waals surface area contributed by atoms with Crippen LogP contribution in [-0.4, -0.2) is 56.8 Å². The zero-order chi connectivity index (χ0) is 18.1. The summed E-state index contributed by atoms with van der Waals surface area (Å²) in [5.74, 6) is 1.08. The van der Waals surface area contributed by atoms with Crippen LogP contribution < -0.4 is 4.90 Å². The molecule has 3 heterocycles. The molecule has 1 aliphatic rings. The Bertz CT molecular complexity index is 942. The van der Waals surface area contributed by atoms with Gasteiger partial charge in [0.2, 0.25) is 5.91 Å².